The van der Waals surface area contributed by atoms with Crippen LogP contribution in [0.3, 0.4) is 0 Å². The lowest BCUT2D eigenvalue weighted by molar-refractivity contribution is 0.102. The van der Waals surface area contributed by atoms with Gasteiger partial charge in [0, 0.05) is 23.2 Å². The van der Waals surface area contributed by atoms with Gasteiger partial charge in [-0.1, -0.05) is 6.07 Å². The minimum Gasteiger partial charge on any atom is -0.494 e. The number of hydrogen-bond donors (Lipinski definition) is 1. The van der Waals surface area contributed by atoms with Gasteiger partial charge in [-0.2, -0.15) is 0 Å². The molecule has 0 unspecified atom stereocenters. The Labute approximate surface area is 181 Å². The summed E-state index contributed by atoms with van der Waals surface area (Å²) >= 11 is 1.28. The Balaban J connectivity index is 1.60. The smallest absolute Gasteiger partial charge is 0.259 e. The fourth-order valence-electron chi connectivity index (χ4n) is 2.91. The van der Waals surface area contributed by atoms with Crippen molar-refractivity contribution in [2.24, 2.45) is 0 Å². The van der Waals surface area contributed by atoms with Gasteiger partial charge in [0.05, 0.1) is 31.2 Å². The molecule has 31 heavy (non-hydrogen) atoms. The van der Waals surface area contributed by atoms with Gasteiger partial charge in [0.2, 0.25) is 5.88 Å². The number of methoxy groups -OCH3 is 2. The number of halogens is 1. The number of benzene rings is 1. The number of nitrogens with one attached hydrogen (secondary N) is 1. The number of carbonyl (C=O) groups is 1. The molecule has 0 saturated heterocycles. The van der Waals surface area contributed by atoms with Gasteiger partial charge in [-0.25, -0.2) is 14.4 Å². The molecule has 1 aromatic carbocycles. The van der Waals surface area contributed by atoms with Gasteiger partial charge >= 0.3 is 0 Å². The van der Waals surface area contributed by atoms with Crippen molar-refractivity contribution >= 4 is 22.4 Å². The van der Waals surface area contributed by atoms with Crippen molar-refractivity contribution in [3.05, 3.63) is 71.5 Å². The van der Waals surface area contributed by atoms with Crippen molar-refractivity contribution in [2.75, 3.05) is 19.5 Å². The molecule has 4 aromatic rings. The Hall–Kier alpha value is -3.85. The standard InChI is InChI=1S/C22H17FN4O3S/c1-29-18-11-13(8-9-15(18)23)20-14(5-4-10-24-20)21(28)27-22-26-17(12-31-22)16-6-3-7-19(25-16)30-2/h3-12H,1-2H3,(H,26,27,28). The van der Waals surface area contributed by atoms with Crippen LogP contribution in [-0.4, -0.2) is 35.1 Å². The highest BCUT2D eigenvalue weighted by Crippen LogP contribution is 2.29. The zero-order valence-corrected chi connectivity index (χ0v) is 17.4. The predicted molar refractivity (Wildman–Crippen MR) is 116 cm³/mol. The van der Waals surface area contributed by atoms with Crippen LogP contribution in [0.25, 0.3) is 22.6 Å². The maximum Gasteiger partial charge on any atom is 0.259 e. The monoisotopic (exact) mass is 436 g/mol. The van der Waals surface area contributed by atoms with E-state index in [1.165, 1.54) is 30.6 Å². The van der Waals surface area contributed by atoms with Gasteiger partial charge in [-0.3, -0.25) is 15.1 Å². The van der Waals surface area contributed by atoms with Crippen LogP contribution in [0.5, 0.6) is 11.6 Å². The van der Waals surface area contributed by atoms with Gasteiger partial charge < -0.3 is 9.47 Å². The quantitative estimate of drug-likeness (QED) is 0.473. The lowest BCUT2D eigenvalue weighted by Gasteiger charge is -2.10. The van der Waals surface area contributed by atoms with Crippen molar-refractivity contribution in [3.8, 4) is 34.3 Å². The lowest BCUT2D eigenvalue weighted by atomic mass is 10.0. The largest absolute Gasteiger partial charge is 0.494 e. The SMILES string of the molecule is COc1cccc(-c2csc(NC(=O)c3cccnc3-c3ccc(F)c(OC)c3)n2)n1. The summed E-state index contributed by atoms with van der Waals surface area (Å²) in [6.45, 7) is 0. The van der Waals surface area contributed by atoms with Crippen LogP contribution in [0, 0.1) is 5.82 Å². The molecule has 1 N–H and O–H groups in total. The first-order valence-electron chi connectivity index (χ1n) is 9.16. The molecule has 0 bridgehead atoms. The molecule has 0 fully saturated rings. The molecule has 0 spiro atoms. The Bertz CT molecular complexity index is 1240. The highest BCUT2D eigenvalue weighted by Gasteiger charge is 2.17. The number of carbonyl (C=O) groups excluding carboxylic acids is 1. The predicted octanol–water partition coefficient (Wildman–Crippen LogP) is 4.68. The molecule has 9 heteroatoms. The minimum absolute atomic E-state index is 0.0739. The maximum atomic E-state index is 13.8. The van der Waals surface area contributed by atoms with Crippen molar-refractivity contribution < 1.29 is 18.7 Å². The fourth-order valence-corrected chi connectivity index (χ4v) is 3.61. The second-order valence-electron chi connectivity index (χ2n) is 6.31. The summed E-state index contributed by atoms with van der Waals surface area (Å²) in [4.78, 5) is 26.0. The molecule has 7 nitrogen and oxygen atoms in total. The third kappa shape index (κ3) is 4.36. The summed E-state index contributed by atoms with van der Waals surface area (Å²) in [6, 6.07) is 13.0. The first-order valence-corrected chi connectivity index (χ1v) is 10.0. The van der Waals surface area contributed by atoms with Gasteiger partial charge in [0.1, 0.15) is 5.69 Å². The molecule has 156 valence electrons. The summed E-state index contributed by atoms with van der Waals surface area (Å²) in [5.41, 5.74) is 2.55. The average molecular weight is 436 g/mol. The van der Waals surface area contributed by atoms with Gasteiger partial charge in [-0.05, 0) is 36.4 Å². The van der Waals surface area contributed by atoms with E-state index in [0.29, 0.717) is 39.2 Å². The van der Waals surface area contributed by atoms with E-state index in [-0.39, 0.29) is 11.7 Å². The molecule has 3 aromatic heterocycles. The highest BCUT2D eigenvalue weighted by atomic mass is 32.1. The van der Waals surface area contributed by atoms with Crippen LogP contribution >= 0.6 is 11.3 Å². The molecular formula is C22H17FN4O3S. The first kappa shape index (κ1) is 20.4. The zero-order valence-electron chi connectivity index (χ0n) is 16.6. The van der Waals surface area contributed by atoms with E-state index in [0.717, 1.165) is 0 Å². The van der Waals surface area contributed by atoms with Gasteiger partial charge in [0.15, 0.2) is 16.7 Å². The third-order valence-electron chi connectivity index (χ3n) is 4.40. The second kappa shape index (κ2) is 8.88. The summed E-state index contributed by atoms with van der Waals surface area (Å²) in [5, 5.41) is 5.00. The average Bonchev–Trinajstić information content (AvgIpc) is 3.28. The Kier molecular flexibility index (Phi) is 5.85. The lowest BCUT2D eigenvalue weighted by Crippen LogP contribution is -2.13. The number of amides is 1. The third-order valence-corrected chi connectivity index (χ3v) is 5.15. The molecule has 4 rings (SSSR count). The molecule has 0 radical (unpaired) electrons. The zero-order chi connectivity index (χ0) is 21.8. The van der Waals surface area contributed by atoms with E-state index in [9.17, 15) is 9.18 Å². The maximum absolute atomic E-state index is 13.8. The molecule has 0 aliphatic carbocycles. The Morgan fingerprint density at radius 3 is 2.71 bits per heavy atom. The molecule has 0 saturated carbocycles. The number of ether oxygens (including phenoxy) is 2. The Morgan fingerprint density at radius 1 is 1.03 bits per heavy atom. The van der Waals surface area contributed by atoms with Gasteiger partial charge in [-0.15, -0.1) is 11.3 Å². The summed E-state index contributed by atoms with van der Waals surface area (Å²) in [5.74, 6) is -0.323. The molecule has 1 amide bonds. The van der Waals surface area contributed by atoms with Crippen LogP contribution in [0.15, 0.2) is 60.1 Å². The Morgan fingerprint density at radius 2 is 1.90 bits per heavy atom. The summed E-state index contributed by atoms with van der Waals surface area (Å²) in [6.07, 6.45) is 1.57. The van der Waals surface area contributed by atoms with E-state index in [1.807, 2.05) is 12.1 Å². The molecule has 0 aliphatic rings. The van der Waals surface area contributed by atoms with Crippen molar-refractivity contribution in [2.45, 2.75) is 0 Å². The number of thiazole rings is 1. The molecule has 0 aliphatic heterocycles. The topological polar surface area (TPSA) is 86.2 Å². The highest BCUT2D eigenvalue weighted by molar-refractivity contribution is 7.14. The minimum atomic E-state index is -0.491. The van der Waals surface area contributed by atoms with E-state index in [4.69, 9.17) is 9.47 Å². The first-order chi connectivity index (χ1) is 15.1. The van der Waals surface area contributed by atoms with E-state index in [1.54, 1.807) is 43.0 Å². The summed E-state index contributed by atoms with van der Waals surface area (Å²) < 4.78 is 24.0. The fraction of sp³-hybridized carbons (Fsp3) is 0.0909. The number of anilines is 1. The van der Waals surface area contributed by atoms with E-state index >= 15 is 0 Å². The van der Waals surface area contributed by atoms with Crippen LogP contribution < -0.4 is 14.8 Å². The molecular weight excluding hydrogens is 419 g/mol. The van der Waals surface area contributed by atoms with E-state index in [2.05, 4.69) is 20.3 Å². The van der Waals surface area contributed by atoms with Crippen LogP contribution in [-0.2, 0) is 0 Å². The number of pyridine rings is 2. The van der Waals surface area contributed by atoms with Crippen molar-refractivity contribution in [1.82, 2.24) is 15.0 Å². The van der Waals surface area contributed by atoms with Gasteiger partial charge in [0.25, 0.3) is 5.91 Å². The molecule has 0 atom stereocenters. The number of hydrogen-bond acceptors (Lipinski definition) is 7. The number of aromatic nitrogens is 3. The van der Waals surface area contributed by atoms with Crippen molar-refractivity contribution in [1.29, 1.82) is 0 Å². The van der Waals surface area contributed by atoms with Crippen molar-refractivity contribution in [3.63, 3.8) is 0 Å². The van der Waals surface area contributed by atoms with Crippen LogP contribution in [0.1, 0.15) is 10.4 Å². The number of nitrogens with zero attached hydrogens (tertiary/aromatic N) is 3. The second-order valence-corrected chi connectivity index (χ2v) is 7.16. The number of rotatable bonds is 6. The van der Waals surface area contributed by atoms with Crippen LogP contribution in [0.4, 0.5) is 9.52 Å². The van der Waals surface area contributed by atoms with E-state index < -0.39 is 5.82 Å². The normalized spacial score (nSPS) is 10.5. The summed E-state index contributed by atoms with van der Waals surface area (Å²) in [7, 11) is 2.92. The molecule has 3 heterocycles. The van der Waals surface area contributed by atoms with Crippen LogP contribution in [0.2, 0.25) is 0 Å².